The Kier molecular flexibility index (Phi) is 3.46. The van der Waals surface area contributed by atoms with E-state index in [9.17, 15) is 4.39 Å². The van der Waals surface area contributed by atoms with Gasteiger partial charge in [-0.3, -0.25) is 0 Å². The predicted octanol–water partition coefficient (Wildman–Crippen LogP) is 5.30. The fourth-order valence-electron chi connectivity index (χ4n) is 4.34. The summed E-state index contributed by atoms with van der Waals surface area (Å²) in [5, 5.41) is 1.03. The lowest BCUT2D eigenvalue weighted by Crippen LogP contribution is -2.28. The third-order valence-corrected chi connectivity index (χ3v) is 6.03. The number of aromatic nitrogens is 1. The molecule has 25 heavy (non-hydrogen) atoms. The summed E-state index contributed by atoms with van der Waals surface area (Å²) in [6.07, 6.45) is 4.85. The third kappa shape index (κ3) is 2.58. The van der Waals surface area contributed by atoms with Crippen LogP contribution in [0.25, 0.3) is 22.2 Å². The van der Waals surface area contributed by atoms with Crippen LogP contribution in [0.5, 0.6) is 0 Å². The molecule has 3 aromatic rings. The number of rotatable bonds is 4. The number of aromatic amines is 1. The van der Waals surface area contributed by atoms with Gasteiger partial charge in [-0.1, -0.05) is 24.3 Å². The monoisotopic (exact) mass is 334 g/mol. The van der Waals surface area contributed by atoms with E-state index in [0.29, 0.717) is 11.8 Å². The maximum absolute atomic E-state index is 13.9. The van der Waals surface area contributed by atoms with Crippen molar-refractivity contribution in [3.05, 3.63) is 59.4 Å². The first-order chi connectivity index (χ1) is 12.2. The molecular formula is C22H23FN2. The first-order valence-electron chi connectivity index (χ1n) is 9.34. The number of hydrogen-bond donors (Lipinski definition) is 2. The highest BCUT2D eigenvalue weighted by Gasteiger charge is 2.33. The van der Waals surface area contributed by atoms with Crippen molar-refractivity contribution >= 4 is 10.9 Å². The van der Waals surface area contributed by atoms with Crippen molar-refractivity contribution in [1.29, 1.82) is 0 Å². The summed E-state index contributed by atoms with van der Waals surface area (Å²) in [4.78, 5) is 3.56. The van der Waals surface area contributed by atoms with Gasteiger partial charge in [0.15, 0.2) is 0 Å². The van der Waals surface area contributed by atoms with Crippen LogP contribution in [0.1, 0.15) is 48.6 Å². The van der Waals surface area contributed by atoms with Crippen molar-refractivity contribution in [3.8, 4) is 11.3 Å². The molecule has 3 heteroatoms. The van der Waals surface area contributed by atoms with E-state index in [1.165, 1.54) is 35.6 Å². The number of halogens is 1. The van der Waals surface area contributed by atoms with Gasteiger partial charge in [0.1, 0.15) is 5.82 Å². The van der Waals surface area contributed by atoms with Crippen molar-refractivity contribution in [3.63, 3.8) is 0 Å². The van der Waals surface area contributed by atoms with Gasteiger partial charge in [-0.25, -0.2) is 4.39 Å². The van der Waals surface area contributed by atoms with E-state index in [2.05, 4.69) is 29.2 Å². The zero-order chi connectivity index (χ0) is 17.0. The van der Waals surface area contributed by atoms with Crippen LogP contribution in [0.15, 0.2) is 42.5 Å². The van der Waals surface area contributed by atoms with Crippen LogP contribution < -0.4 is 5.73 Å². The Balaban J connectivity index is 1.61. The van der Waals surface area contributed by atoms with Gasteiger partial charge < -0.3 is 10.7 Å². The summed E-state index contributed by atoms with van der Waals surface area (Å²) in [6, 6.07) is 14.0. The molecule has 0 aliphatic heterocycles. The van der Waals surface area contributed by atoms with E-state index in [4.69, 9.17) is 5.73 Å². The minimum absolute atomic E-state index is 0.168. The van der Waals surface area contributed by atoms with E-state index < -0.39 is 0 Å². The van der Waals surface area contributed by atoms with Gasteiger partial charge >= 0.3 is 0 Å². The van der Waals surface area contributed by atoms with Gasteiger partial charge in [0.25, 0.3) is 0 Å². The highest BCUT2D eigenvalue weighted by atomic mass is 19.1. The molecule has 2 aliphatic rings. The highest BCUT2D eigenvalue weighted by Crippen LogP contribution is 2.48. The van der Waals surface area contributed by atoms with Crippen molar-refractivity contribution < 1.29 is 4.39 Å². The molecule has 1 aromatic heterocycles. The lowest BCUT2D eigenvalue weighted by atomic mass is 9.70. The SMILES string of the molecule is NCC1CC(c2c(-c3ccc(C4CC4)cc3)[nH]c3ccc(F)cc23)C1. The molecule has 1 heterocycles. The van der Waals surface area contributed by atoms with Crippen LogP contribution in [-0.2, 0) is 0 Å². The van der Waals surface area contributed by atoms with E-state index >= 15 is 0 Å². The molecule has 0 unspecified atom stereocenters. The second-order valence-corrected chi connectivity index (χ2v) is 7.77. The van der Waals surface area contributed by atoms with E-state index in [-0.39, 0.29) is 5.82 Å². The van der Waals surface area contributed by atoms with Gasteiger partial charge in [-0.15, -0.1) is 0 Å². The van der Waals surface area contributed by atoms with Crippen LogP contribution in [-0.4, -0.2) is 11.5 Å². The Morgan fingerprint density at radius 2 is 1.76 bits per heavy atom. The van der Waals surface area contributed by atoms with Crippen LogP contribution in [0.2, 0.25) is 0 Å². The van der Waals surface area contributed by atoms with Gasteiger partial charge in [-0.2, -0.15) is 0 Å². The van der Waals surface area contributed by atoms with Crippen LogP contribution in [0.3, 0.4) is 0 Å². The minimum atomic E-state index is -0.168. The Bertz CT molecular complexity index is 915. The minimum Gasteiger partial charge on any atom is -0.354 e. The number of H-pyrrole nitrogens is 1. The first-order valence-corrected chi connectivity index (χ1v) is 9.34. The van der Waals surface area contributed by atoms with E-state index in [1.807, 2.05) is 6.07 Å². The maximum atomic E-state index is 13.9. The number of nitrogens with two attached hydrogens (primary N) is 1. The molecule has 2 aromatic carbocycles. The molecule has 0 bridgehead atoms. The standard InChI is InChI=1S/C22H23FN2/c23-18-7-8-20-19(11-18)21(17-9-13(10-17)12-24)22(25-20)16-5-3-15(4-6-16)14-1-2-14/h3-8,11,13-14,17,25H,1-2,9-10,12,24H2. The second-order valence-electron chi connectivity index (χ2n) is 7.77. The summed E-state index contributed by atoms with van der Waals surface area (Å²) in [6.45, 7) is 0.749. The van der Waals surface area contributed by atoms with Crippen LogP contribution in [0, 0.1) is 11.7 Å². The first kappa shape index (κ1) is 15.2. The van der Waals surface area contributed by atoms with Crippen molar-refractivity contribution in [1.82, 2.24) is 4.98 Å². The molecule has 0 radical (unpaired) electrons. The normalized spacial score (nSPS) is 23.0. The molecule has 2 nitrogen and oxygen atoms in total. The second kappa shape index (κ2) is 5.70. The smallest absolute Gasteiger partial charge is 0.123 e. The van der Waals surface area contributed by atoms with Crippen molar-refractivity contribution in [2.45, 2.75) is 37.5 Å². The zero-order valence-electron chi connectivity index (χ0n) is 14.3. The van der Waals surface area contributed by atoms with Crippen molar-refractivity contribution in [2.24, 2.45) is 11.7 Å². The van der Waals surface area contributed by atoms with Crippen LogP contribution >= 0.6 is 0 Å². The summed E-state index contributed by atoms with van der Waals surface area (Å²) < 4.78 is 13.9. The molecule has 2 fully saturated rings. The fourth-order valence-corrected chi connectivity index (χ4v) is 4.34. The fraction of sp³-hybridized carbons (Fsp3) is 0.364. The number of benzene rings is 2. The molecule has 5 rings (SSSR count). The third-order valence-electron chi connectivity index (χ3n) is 6.03. The molecule has 2 saturated carbocycles. The zero-order valence-corrected chi connectivity index (χ0v) is 14.3. The molecule has 0 spiro atoms. The number of fused-ring (bicyclic) bond motifs is 1. The highest BCUT2D eigenvalue weighted by molar-refractivity contribution is 5.91. The lowest BCUT2D eigenvalue weighted by molar-refractivity contribution is 0.274. The maximum Gasteiger partial charge on any atom is 0.123 e. The molecule has 0 atom stereocenters. The Morgan fingerprint density at radius 1 is 1.00 bits per heavy atom. The summed E-state index contributed by atoms with van der Waals surface area (Å²) in [7, 11) is 0. The summed E-state index contributed by atoms with van der Waals surface area (Å²) in [5.41, 5.74) is 11.9. The average molecular weight is 334 g/mol. The molecule has 0 saturated heterocycles. The van der Waals surface area contributed by atoms with Gasteiger partial charge in [-0.05, 0) is 84.9 Å². The number of hydrogen-bond acceptors (Lipinski definition) is 1. The molecule has 3 N–H and O–H groups in total. The lowest BCUT2D eigenvalue weighted by Gasteiger charge is -2.35. The molecular weight excluding hydrogens is 311 g/mol. The molecule has 0 amide bonds. The van der Waals surface area contributed by atoms with Gasteiger partial charge in [0, 0.05) is 16.6 Å². The predicted molar refractivity (Wildman–Crippen MR) is 100 cm³/mol. The van der Waals surface area contributed by atoms with Gasteiger partial charge in [0.05, 0.1) is 0 Å². The topological polar surface area (TPSA) is 41.8 Å². The Morgan fingerprint density at radius 3 is 2.44 bits per heavy atom. The summed E-state index contributed by atoms with van der Waals surface area (Å²) in [5.74, 6) is 1.68. The van der Waals surface area contributed by atoms with Crippen molar-refractivity contribution in [2.75, 3.05) is 6.54 Å². The summed E-state index contributed by atoms with van der Waals surface area (Å²) >= 11 is 0. The van der Waals surface area contributed by atoms with Gasteiger partial charge in [0.2, 0.25) is 0 Å². The Hall–Kier alpha value is -2.13. The molecule has 2 aliphatic carbocycles. The van der Waals surface area contributed by atoms with Crippen LogP contribution in [0.4, 0.5) is 4.39 Å². The molecule has 128 valence electrons. The Labute approximate surface area is 147 Å². The number of nitrogens with one attached hydrogen (secondary N) is 1. The quantitative estimate of drug-likeness (QED) is 0.667. The van der Waals surface area contributed by atoms with E-state index in [1.54, 1.807) is 6.07 Å². The average Bonchev–Trinajstić information content (AvgIpc) is 3.37. The largest absolute Gasteiger partial charge is 0.354 e. The van der Waals surface area contributed by atoms with E-state index in [0.717, 1.165) is 41.9 Å².